The molecule has 1 aromatic heterocycles. The van der Waals surface area contributed by atoms with Crippen molar-refractivity contribution in [2.24, 2.45) is 0 Å². The Kier molecular flexibility index (Phi) is 6.69. The van der Waals surface area contributed by atoms with Crippen LogP contribution in [0.25, 0.3) is 0 Å². The standard InChI is InChI=1S/C18H22N4OS/c1-3-15-8-4-6-13(2)17(15)20-18(24)22-21-16(23)10-9-14-7-5-11-19-12-14/h4-8,11-12H,3,9-10H2,1-2H3,(H,21,23)(H2,20,22,24). The smallest absolute Gasteiger partial charge is 0.238 e. The second-order valence-electron chi connectivity index (χ2n) is 5.45. The highest BCUT2D eigenvalue weighted by atomic mass is 32.1. The van der Waals surface area contributed by atoms with Gasteiger partial charge in [-0.25, -0.2) is 0 Å². The summed E-state index contributed by atoms with van der Waals surface area (Å²) in [6.45, 7) is 4.12. The number of carbonyl (C=O) groups excluding carboxylic acids is 1. The summed E-state index contributed by atoms with van der Waals surface area (Å²) in [5.41, 5.74) is 9.68. The Balaban J connectivity index is 1.80. The van der Waals surface area contributed by atoms with Gasteiger partial charge in [0.1, 0.15) is 0 Å². The number of aryl methyl sites for hydroxylation is 3. The molecule has 0 fully saturated rings. The van der Waals surface area contributed by atoms with Crippen LogP contribution in [0, 0.1) is 6.92 Å². The highest BCUT2D eigenvalue weighted by molar-refractivity contribution is 7.80. The number of amides is 1. The van der Waals surface area contributed by atoms with Gasteiger partial charge in [0.05, 0.1) is 0 Å². The van der Waals surface area contributed by atoms with Crippen molar-refractivity contribution < 1.29 is 4.79 Å². The molecule has 0 aliphatic rings. The number of benzene rings is 1. The van der Waals surface area contributed by atoms with E-state index in [1.54, 1.807) is 12.4 Å². The first kappa shape index (κ1) is 17.9. The minimum Gasteiger partial charge on any atom is -0.331 e. The fourth-order valence-electron chi connectivity index (χ4n) is 2.34. The van der Waals surface area contributed by atoms with Crippen molar-refractivity contribution >= 4 is 28.9 Å². The lowest BCUT2D eigenvalue weighted by Crippen LogP contribution is -2.44. The lowest BCUT2D eigenvalue weighted by molar-refractivity contribution is -0.121. The topological polar surface area (TPSA) is 66.0 Å². The van der Waals surface area contributed by atoms with E-state index in [9.17, 15) is 4.79 Å². The third kappa shape index (κ3) is 5.31. The van der Waals surface area contributed by atoms with E-state index in [1.807, 2.05) is 31.2 Å². The zero-order valence-electron chi connectivity index (χ0n) is 13.9. The van der Waals surface area contributed by atoms with E-state index in [0.29, 0.717) is 18.0 Å². The van der Waals surface area contributed by atoms with Gasteiger partial charge in [-0.05, 0) is 54.7 Å². The van der Waals surface area contributed by atoms with Crippen molar-refractivity contribution in [2.45, 2.75) is 33.1 Å². The summed E-state index contributed by atoms with van der Waals surface area (Å²) in [6, 6.07) is 9.92. The average Bonchev–Trinajstić information content (AvgIpc) is 2.60. The fraction of sp³-hybridized carbons (Fsp3) is 0.278. The van der Waals surface area contributed by atoms with Crippen molar-refractivity contribution in [3.05, 3.63) is 59.4 Å². The second-order valence-corrected chi connectivity index (χ2v) is 5.86. The van der Waals surface area contributed by atoms with Crippen molar-refractivity contribution in [2.75, 3.05) is 5.32 Å². The maximum atomic E-state index is 11.9. The third-order valence-corrected chi connectivity index (χ3v) is 3.86. The van der Waals surface area contributed by atoms with Gasteiger partial charge in [0.15, 0.2) is 5.11 Å². The maximum Gasteiger partial charge on any atom is 0.238 e. The Labute approximate surface area is 147 Å². The highest BCUT2D eigenvalue weighted by Gasteiger charge is 2.07. The Morgan fingerprint density at radius 2 is 2.04 bits per heavy atom. The summed E-state index contributed by atoms with van der Waals surface area (Å²) in [5.74, 6) is -0.122. The molecule has 0 radical (unpaired) electrons. The molecule has 1 heterocycles. The molecule has 3 N–H and O–H groups in total. The minimum atomic E-state index is -0.122. The van der Waals surface area contributed by atoms with E-state index >= 15 is 0 Å². The minimum absolute atomic E-state index is 0.122. The highest BCUT2D eigenvalue weighted by Crippen LogP contribution is 2.20. The molecule has 126 valence electrons. The van der Waals surface area contributed by atoms with Crippen LogP contribution < -0.4 is 16.2 Å². The Hall–Kier alpha value is -2.47. The van der Waals surface area contributed by atoms with E-state index in [4.69, 9.17) is 12.2 Å². The number of aromatic nitrogens is 1. The first-order chi connectivity index (χ1) is 11.6. The number of nitrogens with one attached hydrogen (secondary N) is 3. The zero-order chi connectivity index (χ0) is 17.4. The molecule has 0 unspecified atom stereocenters. The van der Waals surface area contributed by atoms with E-state index in [0.717, 1.165) is 23.2 Å². The van der Waals surface area contributed by atoms with Gasteiger partial charge in [0, 0.05) is 24.5 Å². The fourth-order valence-corrected chi connectivity index (χ4v) is 2.49. The summed E-state index contributed by atoms with van der Waals surface area (Å²) >= 11 is 5.25. The van der Waals surface area contributed by atoms with Gasteiger partial charge in [-0.15, -0.1) is 0 Å². The molecular weight excluding hydrogens is 320 g/mol. The molecule has 6 heteroatoms. The number of thiocarbonyl (C=S) groups is 1. The van der Waals surface area contributed by atoms with Gasteiger partial charge >= 0.3 is 0 Å². The summed E-state index contributed by atoms with van der Waals surface area (Å²) < 4.78 is 0. The van der Waals surface area contributed by atoms with Gasteiger partial charge in [-0.2, -0.15) is 0 Å². The second kappa shape index (κ2) is 8.98. The molecule has 24 heavy (non-hydrogen) atoms. The predicted molar refractivity (Wildman–Crippen MR) is 101 cm³/mol. The van der Waals surface area contributed by atoms with Crippen LogP contribution in [0.2, 0.25) is 0 Å². The Morgan fingerprint density at radius 3 is 2.75 bits per heavy atom. The Morgan fingerprint density at radius 1 is 1.21 bits per heavy atom. The first-order valence-electron chi connectivity index (χ1n) is 7.93. The van der Waals surface area contributed by atoms with Gasteiger partial charge in [0.2, 0.25) is 5.91 Å². The number of hydrogen-bond donors (Lipinski definition) is 3. The zero-order valence-corrected chi connectivity index (χ0v) is 14.7. The van der Waals surface area contributed by atoms with Gasteiger partial charge in [0.25, 0.3) is 0 Å². The maximum absolute atomic E-state index is 11.9. The number of carbonyl (C=O) groups is 1. The van der Waals surface area contributed by atoms with Crippen LogP contribution in [0.1, 0.15) is 30.0 Å². The molecule has 0 aliphatic carbocycles. The molecule has 0 atom stereocenters. The third-order valence-electron chi connectivity index (χ3n) is 3.66. The van der Waals surface area contributed by atoms with E-state index < -0.39 is 0 Å². The summed E-state index contributed by atoms with van der Waals surface area (Å²) in [6.07, 6.45) is 5.39. The van der Waals surface area contributed by atoms with Crippen LogP contribution in [0.15, 0.2) is 42.7 Å². The molecular formula is C18H22N4OS. The molecule has 0 saturated carbocycles. The number of anilines is 1. The van der Waals surface area contributed by atoms with Crippen LogP contribution in [0.3, 0.4) is 0 Å². The monoisotopic (exact) mass is 342 g/mol. The molecule has 0 spiro atoms. The number of para-hydroxylation sites is 1. The molecule has 2 aromatic rings. The number of rotatable bonds is 5. The molecule has 0 saturated heterocycles. The molecule has 0 bridgehead atoms. The van der Waals surface area contributed by atoms with Crippen molar-refractivity contribution in [3.63, 3.8) is 0 Å². The number of pyridine rings is 1. The average molecular weight is 342 g/mol. The van der Waals surface area contributed by atoms with E-state index in [2.05, 4.69) is 34.1 Å². The van der Waals surface area contributed by atoms with Crippen LogP contribution in [-0.4, -0.2) is 16.0 Å². The quantitative estimate of drug-likeness (QED) is 0.576. The molecule has 5 nitrogen and oxygen atoms in total. The summed E-state index contributed by atoms with van der Waals surface area (Å²) in [7, 11) is 0. The van der Waals surface area contributed by atoms with Crippen molar-refractivity contribution in [1.82, 2.24) is 15.8 Å². The summed E-state index contributed by atoms with van der Waals surface area (Å²) in [4.78, 5) is 15.9. The van der Waals surface area contributed by atoms with Gasteiger partial charge in [-0.1, -0.05) is 31.2 Å². The number of hydrogen-bond acceptors (Lipinski definition) is 3. The lowest BCUT2D eigenvalue weighted by Gasteiger charge is -2.16. The van der Waals surface area contributed by atoms with Crippen LogP contribution >= 0.6 is 12.2 Å². The SMILES string of the molecule is CCc1cccc(C)c1NC(=S)NNC(=O)CCc1cccnc1. The van der Waals surface area contributed by atoms with E-state index in [-0.39, 0.29) is 5.91 Å². The molecule has 0 aliphatic heterocycles. The van der Waals surface area contributed by atoms with Gasteiger partial charge < -0.3 is 5.32 Å². The number of nitrogens with zero attached hydrogens (tertiary/aromatic N) is 1. The lowest BCUT2D eigenvalue weighted by atomic mass is 10.1. The largest absolute Gasteiger partial charge is 0.331 e. The molecule has 2 rings (SSSR count). The molecule has 1 amide bonds. The predicted octanol–water partition coefficient (Wildman–Crippen LogP) is 2.90. The van der Waals surface area contributed by atoms with Gasteiger partial charge in [-0.3, -0.25) is 20.6 Å². The normalized spacial score (nSPS) is 10.1. The van der Waals surface area contributed by atoms with Crippen LogP contribution in [0.4, 0.5) is 5.69 Å². The molecule has 1 aromatic carbocycles. The number of hydrazine groups is 1. The first-order valence-corrected chi connectivity index (χ1v) is 8.34. The Bertz CT molecular complexity index is 703. The van der Waals surface area contributed by atoms with Crippen LogP contribution in [0.5, 0.6) is 0 Å². The van der Waals surface area contributed by atoms with Crippen LogP contribution in [-0.2, 0) is 17.6 Å². The van der Waals surface area contributed by atoms with Crippen molar-refractivity contribution in [1.29, 1.82) is 0 Å². The summed E-state index contributed by atoms with van der Waals surface area (Å²) in [5, 5.41) is 3.52. The van der Waals surface area contributed by atoms with Crippen molar-refractivity contribution in [3.8, 4) is 0 Å². The van der Waals surface area contributed by atoms with E-state index in [1.165, 1.54) is 5.56 Å².